The zero-order valence-corrected chi connectivity index (χ0v) is 18.9. The lowest BCUT2D eigenvalue weighted by Gasteiger charge is -2.38. The van der Waals surface area contributed by atoms with Crippen LogP contribution in [0.4, 0.5) is 5.13 Å². The predicted octanol–water partition coefficient (Wildman–Crippen LogP) is 4.74. The van der Waals surface area contributed by atoms with Crippen molar-refractivity contribution < 1.29 is 14.3 Å². The number of aromatic nitrogens is 1. The minimum absolute atomic E-state index is 0.00752. The number of nitrogens with zero attached hydrogens (tertiary/aromatic N) is 3. The molecule has 0 N–H and O–H groups in total. The minimum Gasteiger partial charge on any atom is -0.484 e. The molecule has 31 heavy (non-hydrogen) atoms. The standard InChI is InChI=1S/C24H27N3O3S/c1-16-7-6-8-17(2)27(16)22(28)15-30-19-13-11-18(12-14-19)23(29)26(3)24-25-20-9-4-5-10-21(20)31-24/h4-5,9-14,16-17H,6-8,15H2,1-3H3. The number of para-hydroxylation sites is 1. The van der Waals surface area contributed by atoms with Gasteiger partial charge in [-0.2, -0.15) is 0 Å². The molecule has 0 aliphatic carbocycles. The first kappa shape index (κ1) is 21.3. The van der Waals surface area contributed by atoms with E-state index in [1.807, 2.05) is 29.2 Å². The number of likely N-dealkylation sites (tertiary alicyclic amines) is 1. The van der Waals surface area contributed by atoms with Crippen LogP contribution in [0, 0.1) is 0 Å². The Morgan fingerprint density at radius 3 is 2.45 bits per heavy atom. The summed E-state index contributed by atoms with van der Waals surface area (Å²) in [6.45, 7) is 4.19. The molecular formula is C24H27N3O3S. The second-order valence-corrected chi connectivity index (χ2v) is 9.08. The maximum Gasteiger partial charge on any atom is 0.260 e. The summed E-state index contributed by atoms with van der Waals surface area (Å²) in [5, 5.41) is 0.655. The van der Waals surface area contributed by atoms with Gasteiger partial charge >= 0.3 is 0 Å². The quantitative estimate of drug-likeness (QED) is 0.578. The number of fused-ring (bicyclic) bond motifs is 1. The third-order valence-corrected chi connectivity index (χ3v) is 6.93. The number of rotatable bonds is 5. The zero-order valence-electron chi connectivity index (χ0n) is 18.1. The number of benzene rings is 2. The van der Waals surface area contributed by atoms with Gasteiger partial charge in [-0.05, 0) is 69.5 Å². The molecule has 1 aliphatic heterocycles. The van der Waals surface area contributed by atoms with Gasteiger partial charge < -0.3 is 9.64 Å². The molecule has 7 heteroatoms. The van der Waals surface area contributed by atoms with Gasteiger partial charge in [-0.3, -0.25) is 14.5 Å². The van der Waals surface area contributed by atoms with Crippen molar-refractivity contribution in [3.8, 4) is 5.75 Å². The minimum atomic E-state index is -0.141. The van der Waals surface area contributed by atoms with E-state index in [-0.39, 0.29) is 30.5 Å². The van der Waals surface area contributed by atoms with Gasteiger partial charge in [-0.1, -0.05) is 23.5 Å². The van der Waals surface area contributed by atoms with Crippen LogP contribution in [0.1, 0.15) is 43.5 Å². The molecule has 0 saturated carbocycles. The van der Waals surface area contributed by atoms with Crippen molar-refractivity contribution in [3.63, 3.8) is 0 Å². The van der Waals surface area contributed by atoms with Gasteiger partial charge in [-0.15, -0.1) is 0 Å². The SMILES string of the molecule is CC1CCCC(C)N1C(=O)COc1ccc(C(=O)N(C)c2nc3ccccc3s2)cc1. The monoisotopic (exact) mass is 437 g/mol. The Morgan fingerprint density at radius 2 is 1.77 bits per heavy atom. The molecule has 1 aromatic heterocycles. The highest BCUT2D eigenvalue weighted by Gasteiger charge is 2.29. The molecule has 0 spiro atoms. The summed E-state index contributed by atoms with van der Waals surface area (Å²) >= 11 is 1.48. The Morgan fingerprint density at radius 1 is 1.10 bits per heavy atom. The fraction of sp³-hybridized carbons (Fsp3) is 0.375. The summed E-state index contributed by atoms with van der Waals surface area (Å²) in [6, 6.07) is 15.2. The summed E-state index contributed by atoms with van der Waals surface area (Å²) in [5.74, 6) is 0.443. The number of hydrogen-bond acceptors (Lipinski definition) is 5. The molecule has 1 fully saturated rings. The van der Waals surface area contributed by atoms with E-state index in [2.05, 4.69) is 18.8 Å². The molecule has 2 aromatic carbocycles. The second kappa shape index (κ2) is 9.06. The maximum absolute atomic E-state index is 12.9. The number of carbonyl (C=O) groups is 2. The summed E-state index contributed by atoms with van der Waals surface area (Å²) in [5.41, 5.74) is 1.42. The number of piperidine rings is 1. The molecule has 1 aliphatic rings. The van der Waals surface area contributed by atoms with E-state index in [9.17, 15) is 9.59 Å². The number of ether oxygens (including phenoxy) is 1. The fourth-order valence-electron chi connectivity index (χ4n) is 4.11. The highest BCUT2D eigenvalue weighted by atomic mass is 32.1. The van der Waals surface area contributed by atoms with Gasteiger partial charge in [0.1, 0.15) is 5.75 Å². The van der Waals surface area contributed by atoms with Gasteiger partial charge in [0.2, 0.25) is 0 Å². The molecule has 6 nitrogen and oxygen atoms in total. The smallest absolute Gasteiger partial charge is 0.260 e. The molecular weight excluding hydrogens is 410 g/mol. The number of hydrogen-bond donors (Lipinski definition) is 0. The average Bonchev–Trinajstić information content (AvgIpc) is 3.21. The molecule has 0 bridgehead atoms. The molecule has 2 amide bonds. The molecule has 2 atom stereocenters. The van der Waals surface area contributed by atoms with E-state index in [4.69, 9.17) is 4.74 Å². The van der Waals surface area contributed by atoms with Crippen LogP contribution in [0.25, 0.3) is 10.2 Å². The predicted molar refractivity (Wildman–Crippen MR) is 124 cm³/mol. The summed E-state index contributed by atoms with van der Waals surface area (Å²) in [4.78, 5) is 33.5. The van der Waals surface area contributed by atoms with E-state index in [1.54, 1.807) is 36.2 Å². The lowest BCUT2D eigenvalue weighted by Crippen LogP contribution is -2.49. The third-order valence-electron chi connectivity index (χ3n) is 5.82. The Balaban J connectivity index is 1.38. The number of carbonyl (C=O) groups excluding carboxylic acids is 2. The van der Waals surface area contributed by atoms with Crippen molar-refractivity contribution in [2.24, 2.45) is 0 Å². The van der Waals surface area contributed by atoms with Crippen molar-refractivity contribution in [1.29, 1.82) is 0 Å². The Bertz CT molecular complexity index is 1040. The van der Waals surface area contributed by atoms with Crippen LogP contribution in [0.3, 0.4) is 0 Å². The van der Waals surface area contributed by atoms with E-state index >= 15 is 0 Å². The maximum atomic E-state index is 12.9. The van der Waals surface area contributed by atoms with Crippen LogP contribution in [0.5, 0.6) is 5.75 Å². The van der Waals surface area contributed by atoms with Gasteiger partial charge in [0, 0.05) is 24.7 Å². The second-order valence-electron chi connectivity index (χ2n) is 8.07. The van der Waals surface area contributed by atoms with E-state index in [1.165, 1.54) is 11.3 Å². The van der Waals surface area contributed by atoms with Crippen LogP contribution in [-0.4, -0.2) is 47.4 Å². The van der Waals surface area contributed by atoms with Crippen molar-refractivity contribution >= 4 is 38.5 Å². The molecule has 4 rings (SSSR count). The highest BCUT2D eigenvalue weighted by Crippen LogP contribution is 2.29. The molecule has 1 saturated heterocycles. The fourth-order valence-corrected chi connectivity index (χ4v) is 5.04. The first-order chi connectivity index (χ1) is 14.9. The number of anilines is 1. The van der Waals surface area contributed by atoms with Crippen molar-refractivity contribution in [1.82, 2.24) is 9.88 Å². The molecule has 0 radical (unpaired) electrons. The van der Waals surface area contributed by atoms with Gasteiger partial charge in [-0.25, -0.2) is 4.98 Å². The van der Waals surface area contributed by atoms with Gasteiger partial charge in [0.15, 0.2) is 11.7 Å². The summed E-state index contributed by atoms with van der Waals surface area (Å²) in [6.07, 6.45) is 3.23. The van der Waals surface area contributed by atoms with E-state index in [0.717, 1.165) is 29.5 Å². The Kier molecular flexibility index (Phi) is 6.23. The largest absolute Gasteiger partial charge is 0.484 e. The lowest BCUT2D eigenvalue weighted by molar-refractivity contribution is -0.139. The van der Waals surface area contributed by atoms with E-state index < -0.39 is 0 Å². The van der Waals surface area contributed by atoms with Crippen LogP contribution in [0.2, 0.25) is 0 Å². The zero-order chi connectivity index (χ0) is 22.0. The number of amides is 2. The third kappa shape index (κ3) is 4.56. The molecule has 3 aromatic rings. The Hall–Kier alpha value is -2.93. The molecule has 2 heterocycles. The first-order valence-electron chi connectivity index (χ1n) is 10.6. The summed E-state index contributed by atoms with van der Waals surface area (Å²) in [7, 11) is 1.73. The van der Waals surface area contributed by atoms with Crippen molar-refractivity contribution in [2.75, 3.05) is 18.6 Å². The van der Waals surface area contributed by atoms with Crippen LogP contribution in [0.15, 0.2) is 48.5 Å². The topological polar surface area (TPSA) is 62.7 Å². The molecule has 162 valence electrons. The summed E-state index contributed by atoms with van der Waals surface area (Å²) < 4.78 is 6.76. The molecule has 2 unspecified atom stereocenters. The lowest BCUT2D eigenvalue weighted by atomic mass is 9.97. The van der Waals surface area contributed by atoms with Gasteiger partial charge in [0.25, 0.3) is 11.8 Å². The van der Waals surface area contributed by atoms with Crippen molar-refractivity contribution in [2.45, 2.75) is 45.2 Å². The van der Waals surface area contributed by atoms with Gasteiger partial charge in [0.05, 0.1) is 10.2 Å². The van der Waals surface area contributed by atoms with Crippen LogP contribution < -0.4 is 9.64 Å². The first-order valence-corrected chi connectivity index (χ1v) is 11.4. The van der Waals surface area contributed by atoms with Crippen LogP contribution in [-0.2, 0) is 4.79 Å². The van der Waals surface area contributed by atoms with E-state index in [0.29, 0.717) is 16.4 Å². The number of thiazole rings is 1. The highest BCUT2D eigenvalue weighted by molar-refractivity contribution is 7.22. The van der Waals surface area contributed by atoms with Crippen LogP contribution >= 0.6 is 11.3 Å². The average molecular weight is 438 g/mol. The van der Waals surface area contributed by atoms with Crippen molar-refractivity contribution in [3.05, 3.63) is 54.1 Å². The normalized spacial score (nSPS) is 18.7. The Labute approximate surface area is 186 Å².